The lowest BCUT2D eigenvalue weighted by Gasteiger charge is -2.30. The fourth-order valence-electron chi connectivity index (χ4n) is 4.08. The highest BCUT2D eigenvalue weighted by Gasteiger charge is 2.20. The van der Waals surface area contributed by atoms with Gasteiger partial charge in [0.25, 0.3) is 5.91 Å². The fourth-order valence-corrected chi connectivity index (χ4v) is 4.77. The van der Waals surface area contributed by atoms with E-state index < -0.39 is 0 Å². The molecule has 1 amide bonds. The SMILES string of the molecule is Cc1cc(C)c(C)c(OCc2nc(CN(CCN3CCOCC3)C(=O)c3ccccc3)cs2)c1. The van der Waals surface area contributed by atoms with Crippen molar-refractivity contribution in [2.45, 2.75) is 33.9 Å². The van der Waals surface area contributed by atoms with E-state index in [-0.39, 0.29) is 5.91 Å². The van der Waals surface area contributed by atoms with E-state index in [9.17, 15) is 4.79 Å². The molecule has 2 heterocycles. The number of hydrogen-bond donors (Lipinski definition) is 0. The van der Waals surface area contributed by atoms with Crippen LogP contribution in [0.3, 0.4) is 0 Å². The number of thiazole rings is 1. The van der Waals surface area contributed by atoms with Crippen LogP contribution in [0, 0.1) is 20.8 Å². The van der Waals surface area contributed by atoms with Gasteiger partial charge in [-0.25, -0.2) is 4.98 Å². The average Bonchev–Trinajstić information content (AvgIpc) is 3.31. The van der Waals surface area contributed by atoms with E-state index >= 15 is 0 Å². The summed E-state index contributed by atoms with van der Waals surface area (Å²) in [6, 6.07) is 13.7. The van der Waals surface area contributed by atoms with Crippen LogP contribution >= 0.6 is 11.3 Å². The molecule has 0 N–H and O–H groups in total. The number of aryl methyl sites for hydroxylation is 2. The largest absolute Gasteiger partial charge is 0.486 e. The second kappa shape index (κ2) is 11.6. The van der Waals surface area contributed by atoms with E-state index in [1.807, 2.05) is 40.6 Å². The van der Waals surface area contributed by atoms with Gasteiger partial charge in [0.1, 0.15) is 17.4 Å². The van der Waals surface area contributed by atoms with Crippen LogP contribution in [0.2, 0.25) is 0 Å². The topological polar surface area (TPSA) is 54.9 Å². The van der Waals surface area contributed by atoms with Crippen molar-refractivity contribution < 1.29 is 14.3 Å². The molecular weight excluding hydrogens is 446 g/mol. The maximum atomic E-state index is 13.3. The first-order valence-corrected chi connectivity index (χ1v) is 12.7. The Morgan fingerprint density at radius 2 is 1.91 bits per heavy atom. The number of ether oxygens (including phenoxy) is 2. The highest BCUT2D eigenvalue weighted by atomic mass is 32.1. The Kier molecular flexibility index (Phi) is 8.32. The van der Waals surface area contributed by atoms with Gasteiger partial charge in [-0.15, -0.1) is 11.3 Å². The molecule has 180 valence electrons. The third-order valence-electron chi connectivity index (χ3n) is 6.17. The van der Waals surface area contributed by atoms with Crippen molar-refractivity contribution in [3.8, 4) is 5.75 Å². The second-order valence-electron chi connectivity index (χ2n) is 8.77. The quantitative estimate of drug-likeness (QED) is 0.448. The molecule has 34 heavy (non-hydrogen) atoms. The fraction of sp³-hybridized carbons (Fsp3) is 0.407. The number of carbonyl (C=O) groups excluding carboxylic acids is 1. The van der Waals surface area contributed by atoms with Crippen molar-refractivity contribution in [3.05, 3.63) is 80.8 Å². The van der Waals surface area contributed by atoms with Gasteiger partial charge >= 0.3 is 0 Å². The van der Waals surface area contributed by atoms with E-state index in [1.54, 1.807) is 11.3 Å². The van der Waals surface area contributed by atoms with Crippen LogP contribution in [0.5, 0.6) is 5.75 Å². The molecule has 0 bridgehead atoms. The summed E-state index contributed by atoms with van der Waals surface area (Å²) in [5, 5.41) is 2.95. The molecule has 0 saturated carbocycles. The molecule has 7 heteroatoms. The van der Waals surface area contributed by atoms with Gasteiger partial charge in [-0.05, 0) is 55.7 Å². The van der Waals surface area contributed by atoms with Gasteiger partial charge in [0.05, 0.1) is 25.5 Å². The summed E-state index contributed by atoms with van der Waals surface area (Å²) in [4.78, 5) is 22.3. The second-order valence-corrected chi connectivity index (χ2v) is 9.72. The van der Waals surface area contributed by atoms with Gasteiger partial charge in [-0.2, -0.15) is 0 Å². The lowest BCUT2D eigenvalue weighted by atomic mass is 10.1. The van der Waals surface area contributed by atoms with Crippen molar-refractivity contribution in [2.24, 2.45) is 0 Å². The molecule has 0 radical (unpaired) electrons. The Bertz CT molecular complexity index is 1090. The van der Waals surface area contributed by atoms with Crippen LogP contribution in [0.25, 0.3) is 0 Å². The molecule has 1 fully saturated rings. The smallest absolute Gasteiger partial charge is 0.254 e. The molecule has 1 aliphatic heterocycles. The van der Waals surface area contributed by atoms with Gasteiger partial charge < -0.3 is 14.4 Å². The summed E-state index contributed by atoms with van der Waals surface area (Å²) < 4.78 is 11.5. The zero-order chi connectivity index (χ0) is 23.9. The van der Waals surface area contributed by atoms with E-state index in [4.69, 9.17) is 14.5 Å². The van der Waals surface area contributed by atoms with Crippen molar-refractivity contribution >= 4 is 17.2 Å². The van der Waals surface area contributed by atoms with Crippen molar-refractivity contribution in [1.82, 2.24) is 14.8 Å². The maximum Gasteiger partial charge on any atom is 0.254 e. The number of benzene rings is 2. The number of aromatic nitrogens is 1. The minimum atomic E-state index is 0.0329. The van der Waals surface area contributed by atoms with E-state index in [1.165, 1.54) is 11.1 Å². The van der Waals surface area contributed by atoms with Gasteiger partial charge in [-0.3, -0.25) is 9.69 Å². The van der Waals surface area contributed by atoms with Crippen LogP contribution in [0.1, 0.15) is 37.7 Å². The molecular formula is C27H33N3O3S. The lowest BCUT2D eigenvalue weighted by Crippen LogP contribution is -2.43. The monoisotopic (exact) mass is 479 g/mol. The molecule has 0 spiro atoms. The summed E-state index contributed by atoms with van der Waals surface area (Å²) in [7, 11) is 0. The van der Waals surface area contributed by atoms with Crippen LogP contribution < -0.4 is 4.74 Å². The third-order valence-corrected chi connectivity index (χ3v) is 7.04. The van der Waals surface area contributed by atoms with Crippen molar-refractivity contribution in [3.63, 3.8) is 0 Å². The van der Waals surface area contributed by atoms with Crippen LogP contribution in [0.15, 0.2) is 47.8 Å². The molecule has 3 aromatic rings. The molecule has 2 aromatic carbocycles. The summed E-state index contributed by atoms with van der Waals surface area (Å²) in [5.74, 6) is 0.936. The predicted molar refractivity (Wildman–Crippen MR) is 136 cm³/mol. The lowest BCUT2D eigenvalue weighted by molar-refractivity contribution is 0.0319. The molecule has 1 aromatic heterocycles. The molecule has 0 atom stereocenters. The number of amides is 1. The molecule has 0 aliphatic carbocycles. The minimum Gasteiger partial charge on any atom is -0.486 e. The molecule has 6 nitrogen and oxygen atoms in total. The molecule has 0 unspecified atom stereocenters. The Labute approximate surface area is 206 Å². The zero-order valence-electron chi connectivity index (χ0n) is 20.3. The van der Waals surface area contributed by atoms with E-state index in [2.05, 4.69) is 37.8 Å². The van der Waals surface area contributed by atoms with Gasteiger partial charge in [0.15, 0.2) is 0 Å². The Morgan fingerprint density at radius 3 is 2.68 bits per heavy atom. The zero-order valence-corrected chi connectivity index (χ0v) is 21.1. The Hall–Kier alpha value is -2.74. The summed E-state index contributed by atoms with van der Waals surface area (Å²) >= 11 is 1.58. The number of nitrogens with zero attached hydrogens (tertiary/aromatic N) is 3. The summed E-state index contributed by atoms with van der Waals surface area (Å²) in [6.07, 6.45) is 0. The number of hydrogen-bond acceptors (Lipinski definition) is 6. The van der Waals surface area contributed by atoms with Crippen molar-refractivity contribution in [1.29, 1.82) is 0 Å². The van der Waals surface area contributed by atoms with Gasteiger partial charge in [0, 0.05) is 37.1 Å². The van der Waals surface area contributed by atoms with E-state index in [0.29, 0.717) is 25.3 Å². The Balaban J connectivity index is 1.42. The summed E-state index contributed by atoms with van der Waals surface area (Å²) in [5.41, 5.74) is 5.17. The first-order valence-electron chi connectivity index (χ1n) is 11.8. The molecule has 1 aliphatic rings. The number of rotatable bonds is 9. The minimum absolute atomic E-state index is 0.0329. The van der Waals surface area contributed by atoms with Crippen molar-refractivity contribution in [2.75, 3.05) is 39.4 Å². The predicted octanol–water partition coefficient (Wildman–Crippen LogP) is 4.62. The maximum absolute atomic E-state index is 13.3. The molecule has 4 rings (SSSR count). The number of carbonyl (C=O) groups is 1. The first kappa shape index (κ1) is 24.4. The first-order chi connectivity index (χ1) is 16.5. The highest BCUT2D eigenvalue weighted by molar-refractivity contribution is 7.09. The average molecular weight is 480 g/mol. The highest BCUT2D eigenvalue weighted by Crippen LogP contribution is 2.25. The van der Waals surface area contributed by atoms with Crippen LogP contribution in [-0.4, -0.2) is 60.1 Å². The Morgan fingerprint density at radius 1 is 1.15 bits per heavy atom. The van der Waals surface area contributed by atoms with Crippen LogP contribution in [0.4, 0.5) is 0 Å². The normalized spacial score (nSPS) is 14.2. The molecule has 1 saturated heterocycles. The van der Waals surface area contributed by atoms with Crippen LogP contribution in [-0.2, 0) is 17.9 Å². The van der Waals surface area contributed by atoms with Gasteiger partial charge in [-0.1, -0.05) is 24.3 Å². The van der Waals surface area contributed by atoms with E-state index in [0.717, 1.165) is 54.9 Å². The number of morpholine rings is 1. The summed E-state index contributed by atoms with van der Waals surface area (Å²) in [6.45, 7) is 12.0. The standard InChI is InChI=1S/C27H33N3O3S/c1-20-15-21(2)22(3)25(16-20)33-18-26-28-24(19-34-26)17-30(10-9-29-11-13-32-14-12-29)27(31)23-7-5-4-6-8-23/h4-8,15-16,19H,9-14,17-18H2,1-3H3. The van der Waals surface area contributed by atoms with Gasteiger partial charge in [0.2, 0.25) is 0 Å². The third kappa shape index (κ3) is 6.44.